The van der Waals surface area contributed by atoms with Crippen molar-refractivity contribution in [3.8, 4) is 0 Å². The summed E-state index contributed by atoms with van der Waals surface area (Å²) in [6.07, 6.45) is 1.34. The van der Waals surface area contributed by atoms with E-state index in [9.17, 15) is 9.59 Å². The number of amides is 1. The number of carbonyl (C=O) groups excluding carboxylic acids is 1. The number of hydrogen-bond acceptors (Lipinski definition) is 5. The Balaban J connectivity index is 2.61. The molecule has 0 spiro atoms. The number of carbonyl (C=O) groups is 2. The summed E-state index contributed by atoms with van der Waals surface area (Å²) in [7, 11) is 0. The molecule has 0 saturated carbocycles. The molecule has 0 aliphatic rings. The van der Waals surface area contributed by atoms with E-state index in [0.717, 1.165) is 22.6 Å². The molecule has 1 heterocycles. The van der Waals surface area contributed by atoms with E-state index in [4.69, 9.17) is 9.84 Å². The Morgan fingerprint density at radius 2 is 1.76 bits per heavy atom. The molecule has 0 unspecified atom stereocenters. The number of ether oxygens (including phenoxy) is 1. The standard InChI is InChI=1S/C18H30N2O4S/c1-6-18(7-2,12-19-16(23)24-17(3,4)5)20-11-14-9-8-13(25-14)10-15(21)22/h8-9,20H,6-7,10-12H2,1-5H3,(H,19,23)(H,21,22). The maximum absolute atomic E-state index is 11.9. The quantitative estimate of drug-likeness (QED) is 0.619. The van der Waals surface area contributed by atoms with Crippen molar-refractivity contribution >= 4 is 23.4 Å². The zero-order valence-corrected chi connectivity index (χ0v) is 16.6. The first kappa shape index (κ1) is 21.4. The van der Waals surface area contributed by atoms with Crippen molar-refractivity contribution in [1.29, 1.82) is 0 Å². The molecule has 0 aliphatic carbocycles. The topological polar surface area (TPSA) is 87.7 Å². The van der Waals surface area contributed by atoms with Crippen LogP contribution in [0.1, 0.15) is 57.2 Å². The molecule has 1 rings (SSSR count). The highest BCUT2D eigenvalue weighted by Gasteiger charge is 2.27. The second-order valence-electron chi connectivity index (χ2n) is 7.13. The number of thiophene rings is 1. The molecule has 0 aromatic carbocycles. The molecule has 142 valence electrons. The lowest BCUT2D eigenvalue weighted by molar-refractivity contribution is -0.136. The lowest BCUT2D eigenvalue weighted by Crippen LogP contribution is -2.53. The summed E-state index contributed by atoms with van der Waals surface area (Å²) >= 11 is 1.50. The van der Waals surface area contributed by atoms with Gasteiger partial charge in [-0.25, -0.2) is 4.79 Å². The van der Waals surface area contributed by atoms with Gasteiger partial charge in [-0.1, -0.05) is 13.8 Å². The molecule has 1 amide bonds. The van der Waals surface area contributed by atoms with E-state index in [1.165, 1.54) is 11.3 Å². The van der Waals surface area contributed by atoms with Gasteiger partial charge in [0.2, 0.25) is 0 Å². The molecule has 1 aromatic heterocycles. The summed E-state index contributed by atoms with van der Waals surface area (Å²) in [5.41, 5.74) is -0.746. The fourth-order valence-corrected chi connectivity index (χ4v) is 3.35. The number of nitrogens with one attached hydrogen (secondary N) is 2. The third-order valence-electron chi connectivity index (χ3n) is 4.00. The monoisotopic (exact) mass is 370 g/mol. The van der Waals surface area contributed by atoms with Crippen LogP contribution in [0.3, 0.4) is 0 Å². The zero-order valence-electron chi connectivity index (χ0n) is 15.8. The lowest BCUT2D eigenvalue weighted by Gasteiger charge is -2.33. The third kappa shape index (κ3) is 7.88. The van der Waals surface area contributed by atoms with E-state index < -0.39 is 17.7 Å². The highest BCUT2D eigenvalue weighted by Crippen LogP contribution is 2.20. The number of alkyl carbamates (subject to hydrolysis) is 1. The SMILES string of the molecule is CCC(CC)(CNC(=O)OC(C)(C)C)NCc1ccc(CC(=O)O)s1. The van der Waals surface area contributed by atoms with Crippen LogP contribution in [0.4, 0.5) is 4.79 Å². The van der Waals surface area contributed by atoms with Crippen LogP contribution in [-0.2, 0) is 22.5 Å². The van der Waals surface area contributed by atoms with Gasteiger partial charge in [0, 0.05) is 28.4 Å². The predicted molar refractivity (Wildman–Crippen MR) is 100 cm³/mol. The Bertz CT molecular complexity index is 574. The zero-order chi connectivity index (χ0) is 19.1. The summed E-state index contributed by atoms with van der Waals surface area (Å²) in [4.78, 5) is 24.6. The summed E-state index contributed by atoms with van der Waals surface area (Å²) in [6, 6.07) is 3.81. The molecule has 3 N–H and O–H groups in total. The summed E-state index contributed by atoms with van der Waals surface area (Å²) < 4.78 is 5.29. The van der Waals surface area contributed by atoms with Crippen molar-refractivity contribution in [2.45, 2.75) is 71.6 Å². The number of carboxylic acids is 1. The molecular weight excluding hydrogens is 340 g/mol. The van der Waals surface area contributed by atoms with E-state index in [1.807, 2.05) is 32.9 Å². The van der Waals surface area contributed by atoms with E-state index >= 15 is 0 Å². The average molecular weight is 371 g/mol. The molecule has 0 radical (unpaired) electrons. The molecule has 0 aliphatic heterocycles. The van der Waals surface area contributed by atoms with Gasteiger partial charge in [0.1, 0.15) is 5.60 Å². The van der Waals surface area contributed by atoms with Crippen LogP contribution >= 0.6 is 11.3 Å². The Morgan fingerprint density at radius 1 is 1.16 bits per heavy atom. The average Bonchev–Trinajstić information content (AvgIpc) is 2.93. The molecule has 0 atom stereocenters. The minimum absolute atomic E-state index is 0.0531. The Kier molecular flexibility index (Phi) is 7.89. The van der Waals surface area contributed by atoms with Gasteiger partial charge < -0.3 is 20.5 Å². The van der Waals surface area contributed by atoms with E-state index in [0.29, 0.717) is 13.1 Å². The first-order valence-electron chi connectivity index (χ1n) is 8.60. The van der Waals surface area contributed by atoms with Gasteiger partial charge in [-0.3, -0.25) is 4.79 Å². The van der Waals surface area contributed by atoms with E-state index in [1.54, 1.807) is 0 Å². The first-order valence-corrected chi connectivity index (χ1v) is 9.42. The van der Waals surface area contributed by atoms with Gasteiger partial charge in [0.15, 0.2) is 0 Å². The molecular formula is C18H30N2O4S. The maximum atomic E-state index is 11.9. The Morgan fingerprint density at radius 3 is 2.28 bits per heavy atom. The van der Waals surface area contributed by atoms with E-state index in [-0.39, 0.29) is 12.0 Å². The van der Waals surface area contributed by atoms with Crippen molar-refractivity contribution in [3.05, 3.63) is 21.9 Å². The normalized spacial score (nSPS) is 12.0. The van der Waals surface area contributed by atoms with Gasteiger partial charge >= 0.3 is 12.1 Å². The molecule has 0 saturated heterocycles. The van der Waals surface area contributed by atoms with Crippen LogP contribution in [-0.4, -0.2) is 34.9 Å². The molecule has 0 fully saturated rings. The molecule has 0 bridgehead atoms. The maximum Gasteiger partial charge on any atom is 0.407 e. The highest BCUT2D eigenvalue weighted by molar-refractivity contribution is 7.12. The van der Waals surface area contributed by atoms with Crippen LogP contribution in [0, 0.1) is 0 Å². The second-order valence-corrected chi connectivity index (χ2v) is 8.39. The van der Waals surface area contributed by atoms with Crippen molar-refractivity contribution in [3.63, 3.8) is 0 Å². The molecule has 7 heteroatoms. The summed E-state index contributed by atoms with van der Waals surface area (Å²) in [5, 5.41) is 15.2. The van der Waals surface area contributed by atoms with Crippen LogP contribution in [0.15, 0.2) is 12.1 Å². The predicted octanol–water partition coefficient (Wildman–Crippen LogP) is 3.55. The van der Waals surface area contributed by atoms with Gasteiger partial charge in [0.25, 0.3) is 0 Å². The number of aliphatic carboxylic acids is 1. The van der Waals surface area contributed by atoms with Gasteiger partial charge in [-0.2, -0.15) is 0 Å². The second kappa shape index (κ2) is 9.20. The van der Waals surface area contributed by atoms with Gasteiger partial charge in [0.05, 0.1) is 6.42 Å². The van der Waals surface area contributed by atoms with Gasteiger partial charge in [-0.15, -0.1) is 11.3 Å². The molecule has 1 aromatic rings. The summed E-state index contributed by atoms with van der Waals surface area (Å²) in [5.74, 6) is -0.820. The van der Waals surface area contributed by atoms with Crippen molar-refractivity contribution < 1.29 is 19.4 Å². The summed E-state index contributed by atoms with van der Waals surface area (Å²) in [6.45, 7) is 10.8. The Hall–Kier alpha value is -1.60. The number of rotatable bonds is 9. The van der Waals surface area contributed by atoms with Crippen LogP contribution in [0.5, 0.6) is 0 Å². The number of carboxylic acid groups (broad SMARTS) is 1. The van der Waals surface area contributed by atoms with Crippen LogP contribution in [0.25, 0.3) is 0 Å². The number of hydrogen-bond donors (Lipinski definition) is 3. The first-order chi connectivity index (χ1) is 11.6. The van der Waals surface area contributed by atoms with E-state index in [2.05, 4.69) is 24.5 Å². The minimum atomic E-state index is -0.820. The smallest absolute Gasteiger partial charge is 0.407 e. The minimum Gasteiger partial charge on any atom is -0.481 e. The van der Waals surface area contributed by atoms with Gasteiger partial charge in [-0.05, 0) is 45.7 Å². The van der Waals surface area contributed by atoms with Crippen molar-refractivity contribution in [2.24, 2.45) is 0 Å². The third-order valence-corrected chi connectivity index (χ3v) is 5.09. The van der Waals surface area contributed by atoms with Crippen LogP contribution in [0.2, 0.25) is 0 Å². The fraction of sp³-hybridized carbons (Fsp3) is 0.667. The van der Waals surface area contributed by atoms with Crippen LogP contribution < -0.4 is 10.6 Å². The lowest BCUT2D eigenvalue weighted by atomic mass is 9.92. The molecule has 6 nitrogen and oxygen atoms in total. The highest BCUT2D eigenvalue weighted by atomic mass is 32.1. The largest absolute Gasteiger partial charge is 0.481 e. The molecule has 25 heavy (non-hydrogen) atoms. The van der Waals surface area contributed by atoms with Crippen molar-refractivity contribution in [2.75, 3.05) is 6.54 Å². The Labute approximate surface area is 154 Å². The van der Waals surface area contributed by atoms with Crippen molar-refractivity contribution in [1.82, 2.24) is 10.6 Å². The fourth-order valence-electron chi connectivity index (χ4n) is 2.40.